The van der Waals surface area contributed by atoms with Gasteiger partial charge in [-0.15, -0.1) is 0 Å². The quantitative estimate of drug-likeness (QED) is 0.852. The van der Waals surface area contributed by atoms with Crippen LogP contribution < -0.4 is 10.2 Å². The average Bonchev–Trinajstić information content (AvgIpc) is 2.33. The molecule has 4 heteroatoms. The molecule has 0 saturated carbocycles. The molecular weight excluding hydrogens is 214 g/mol. The summed E-state index contributed by atoms with van der Waals surface area (Å²) < 4.78 is 0. The lowest BCUT2D eigenvalue weighted by Gasteiger charge is -2.37. The van der Waals surface area contributed by atoms with E-state index in [-0.39, 0.29) is 12.1 Å². The van der Waals surface area contributed by atoms with Crippen LogP contribution in [0.2, 0.25) is 0 Å². The molecule has 1 aromatic carbocycles. The Morgan fingerprint density at radius 1 is 1.35 bits per heavy atom. The lowest BCUT2D eigenvalue weighted by molar-refractivity contribution is 0.184. The Morgan fingerprint density at radius 3 is 2.65 bits per heavy atom. The molecule has 1 heterocycles. The van der Waals surface area contributed by atoms with Gasteiger partial charge < -0.3 is 10.2 Å². The Bertz CT molecular complexity index is 442. The van der Waals surface area contributed by atoms with E-state index in [4.69, 9.17) is 0 Å². The van der Waals surface area contributed by atoms with Gasteiger partial charge >= 0.3 is 6.03 Å². The number of hydrogen-bond acceptors (Lipinski definition) is 2. The topological polar surface area (TPSA) is 35.6 Å². The van der Waals surface area contributed by atoms with Gasteiger partial charge in [0.2, 0.25) is 0 Å². The van der Waals surface area contributed by atoms with Gasteiger partial charge in [-0.3, -0.25) is 4.90 Å². The third kappa shape index (κ3) is 1.95. The van der Waals surface area contributed by atoms with Crippen molar-refractivity contribution in [1.29, 1.82) is 0 Å². The second kappa shape index (κ2) is 4.28. The molecule has 2 amide bonds. The average molecular weight is 233 g/mol. The summed E-state index contributed by atoms with van der Waals surface area (Å²) in [5, 5.41) is 3.09. The number of nitrogens with one attached hydrogen (secondary N) is 1. The third-order valence-electron chi connectivity index (χ3n) is 3.23. The van der Waals surface area contributed by atoms with Crippen molar-refractivity contribution in [3.8, 4) is 0 Å². The van der Waals surface area contributed by atoms with Gasteiger partial charge in [-0.25, -0.2) is 4.79 Å². The molecule has 92 valence electrons. The van der Waals surface area contributed by atoms with E-state index in [1.54, 1.807) is 4.90 Å². The van der Waals surface area contributed by atoms with E-state index in [9.17, 15) is 4.79 Å². The van der Waals surface area contributed by atoms with Crippen molar-refractivity contribution in [3.63, 3.8) is 0 Å². The number of fused-ring (bicyclic) bond motifs is 1. The zero-order valence-electron chi connectivity index (χ0n) is 10.8. The van der Waals surface area contributed by atoms with Gasteiger partial charge in [-0.05, 0) is 31.5 Å². The maximum atomic E-state index is 12.2. The Labute approximate surface area is 102 Å². The molecule has 0 unspecified atom stereocenters. The summed E-state index contributed by atoms with van der Waals surface area (Å²) in [6, 6.07) is 6.44. The highest BCUT2D eigenvalue weighted by atomic mass is 16.2. The Balaban J connectivity index is 2.41. The van der Waals surface area contributed by atoms with Gasteiger partial charge in [0.25, 0.3) is 0 Å². The van der Waals surface area contributed by atoms with Crippen molar-refractivity contribution >= 4 is 17.4 Å². The maximum absolute atomic E-state index is 12.2. The Hall–Kier alpha value is -1.71. The second-order valence-corrected chi connectivity index (χ2v) is 4.66. The van der Waals surface area contributed by atoms with E-state index in [1.165, 1.54) is 5.56 Å². The van der Waals surface area contributed by atoms with Crippen LogP contribution in [0.4, 0.5) is 16.2 Å². The van der Waals surface area contributed by atoms with Gasteiger partial charge in [0.15, 0.2) is 0 Å². The highest BCUT2D eigenvalue weighted by molar-refractivity contribution is 5.95. The van der Waals surface area contributed by atoms with E-state index in [2.05, 4.69) is 11.4 Å². The lowest BCUT2D eigenvalue weighted by Crippen LogP contribution is -2.48. The normalized spacial score (nSPS) is 15.2. The predicted molar refractivity (Wildman–Crippen MR) is 70.5 cm³/mol. The van der Waals surface area contributed by atoms with Crippen molar-refractivity contribution in [2.24, 2.45) is 0 Å². The van der Waals surface area contributed by atoms with Crippen LogP contribution in [-0.2, 0) is 6.54 Å². The molecule has 17 heavy (non-hydrogen) atoms. The first-order chi connectivity index (χ1) is 8.04. The van der Waals surface area contributed by atoms with Crippen LogP contribution in [0, 0.1) is 0 Å². The smallest absolute Gasteiger partial charge is 0.324 e. The molecule has 1 aromatic rings. The van der Waals surface area contributed by atoms with Crippen LogP contribution >= 0.6 is 0 Å². The second-order valence-electron chi connectivity index (χ2n) is 4.66. The third-order valence-corrected chi connectivity index (χ3v) is 3.23. The largest absolute Gasteiger partial charge is 0.388 e. The molecule has 0 bridgehead atoms. The Morgan fingerprint density at radius 2 is 2.06 bits per heavy atom. The molecule has 1 aliphatic heterocycles. The molecular formula is C13H19N3O. The summed E-state index contributed by atoms with van der Waals surface area (Å²) in [4.78, 5) is 15.8. The number of amides is 2. The molecule has 0 spiro atoms. The van der Waals surface area contributed by atoms with Gasteiger partial charge in [-0.2, -0.15) is 0 Å². The van der Waals surface area contributed by atoms with E-state index in [0.717, 1.165) is 11.4 Å². The molecule has 0 aliphatic carbocycles. The number of nitrogens with zero attached hydrogens (tertiary/aromatic N) is 2. The molecule has 0 saturated heterocycles. The minimum absolute atomic E-state index is 0.0701. The summed E-state index contributed by atoms with van der Waals surface area (Å²) in [5.41, 5.74) is 3.22. The molecule has 0 fully saturated rings. The monoisotopic (exact) mass is 233 g/mol. The number of carbonyl (C=O) groups excluding carboxylic acids is 1. The fourth-order valence-electron chi connectivity index (χ4n) is 2.12. The van der Waals surface area contributed by atoms with Crippen LogP contribution in [0.25, 0.3) is 0 Å². The van der Waals surface area contributed by atoms with E-state index in [1.807, 2.05) is 45.0 Å². The summed E-state index contributed by atoms with van der Waals surface area (Å²) in [7, 11) is 3.71. The molecule has 1 aliphatic rings. The van der Waals surface area contributed by atoms with Gasteiger partial charge in [0.05, 0.1) is 5.69 Å². The van der Waals surface area contributed by atoms with Crippen molar-refractivity contribution in [1.82, 2.24) is 4.90 Å². The highest BCUT2D eigenvalue weighted by Gasteiger charge is 2.29. The molecule has 4 nitrogen and oxygen atoms in total. The van der Waals surface area contributed by atoms with Gasteiger partial charge in [0, 0.05) is 32.4 Å². The van der Waals surface area contributed by atoms with E-state index < -0.39 is 0 Å². The lowest BCUT2D eigenvalue weighted by atomic mass is 10.1. The van der Waals surface area contributed by atoms with Crippen LogP contribution in [0.15, 0.2) is 18.2 Å². The van der Waals surface area contributed by atoms with E-state index >= 15 is 0 Å². The van der Waals surface area contributed by atoms with Gasteiger partial charge in [0.1, 0.15) is 0 Å². The number of carbonyl (C=O) groups is 1. The fraction of sp³-hybridized carbons (Fsp3) is 0.462. The van der Waals surface area contributed by atoms with Gasteiger partial charge in [-0.1, -0.05) is 6.07 Å². The van der Waals surface area contributed by atoms with Crippen LogP contribution in [0.3, 0.4) is 0 Å². The van der Waals surface area contributed by atoms with Crippen molar-refractivity contribution in [2.45, 2.75) is 26.4 Å². The number of benzene rings is 1. The van der Waals surface area contributed by atoms with E-state index in [0.29, 0.717) is 6.54 Å². The number of anilines is 2. The van der Waals surface area contributed by atoms with Crippen molar-refractivity contribution < 1.29 is 4.79 Å². The van der Waals surface area contributed by atoms with Crippen LogP contribution in [-0.4, -0.2) is 31.1 Å². The molecule has 2 rings (SSSR count). The minimum Gasteiger partial charge on any atom is -0.388 e. The van der Waals surface area contributed by atoms with Crippen molar-refractivity contribution in [3.05, 3.63) is 23.8 Å². The number of rotatable bonds is 2. The first kappa shape index (κ1) is 11.8. The molecule has 0 aromatic heterocycles. The summed E-state index contributed by atoms with van der Waals surface area (Å²) in [5.74, 6) is 0. The number of urea groups is 1. The molecule has 1 N–H and O–H groups in total. The maximum Gasteiger partial charge on any atom is 0.324 e. The zero-order valence-corrected chi connectivity index (χ0v) is 10.8. The molecule has 0 radical (unpaired) electrons. The SMILES string of the molecule is CNc1ccc2c(c1)N(C)C(=O)N(C(C)C)C2. The van der Waals surface area contributed by atoms with Crippen LogP contribution in [0.1, 0.15) is 19.4 Å². The number of hydrogen-bond donors (Lipinski definition) is 1. The molecule has 0 atom stereocenters. The fourth-order valence-corrected chi connectivity index (χ4v) is 2.12. The van der Waals surface area contributed by atoms with Crippen LogP contribution in [0.5, 0.6) is 0 Å². The Kier molecular flexibility index (Phi) is 2.96. The standard InChI is InChI=1S/C13H19N3O/c1-9(2)16-8-10-5-6-11(14-3)7-12(10)15(4)13(16)17/h5-7,9,14H,8H2,1-4H3. The first-order valence-corrected chi connectivity index (χ1v) is 5.89. The first-order valence-electron chi connectivity index (χ1n) is 5.89. The minimum atomic E-state index is 0.0701. The van der Waals surface area contributed by atoms with Crippen molar-refractivity contribution in [2.75, 3.05) is 24.3 Å². The highest BCUT2D eigenvalue weighted by Crippen LogP contribution is 2.30. The predicted octanol–water partition coefficient (Wildman–Crippen LogP) is 2.51. The zero-order chi connectivity index (χ0) is 12.6. The summed E-state index contributed by atoms with van der Waals surface area (Å²) in [6.07, 6.45) is 0. The summed E-state index contributed by atoms with van der Waals surface area (Å²) >= 11 is 0. The summed E-state index contributed by atoms with van der Waals surface area (Å²) in [6.45, 7) is 4.78.